The highest BCUT2D eigenvalue weighted by Crippen LogP contribution is 2.26. The molecular formula is C12H20N2OS. The molecular weight excluding hydrogens is 220 g/mol. The molecule has 0 bridgehead atoms. The molecule has 0 fully saturated rings. The van der Waals surface area contributed by atoms with Crippen LogP contribution in [0.5, 0.6) is 0 Å². The van der Waals surface area contributed by atoms with Gasteiger partial charge in [0.25, 0.3) is 0 Å². The lowest BCUT2D eigenvalue weighted by Gasteiger charge is -2.18. The number of aromatic nitrogens is 1. The van der Waals surface area contributed by atoms with Crippen molar-refractivity contribution in [2.75, 3.05) is 11.9 Å². The largest absolute Gasteiger partial charge is 0.375 e. The molecule has 1 aromatic rings. The molecule has 0 aliphatic rings. The van der Waals surface area contributed by atoms with Crippen molar-refractivity contribution in [3.05, 3.63) is 11.3 Å². The Morgan fingerprint density at radius 2 is 2.06 bits per heavy atom. The van der Waals surface area contributed by atoms with E-state index in [1.165, 1.54) is 11.5 Å². The third-order valence-electron chi connectivity index (χ3n) is 2.38. The number of hydrogen-bond acceptors (Lipinski definition) is 4. The summed E-state index contributed by atoms with van der Waals surface area (Å²) in [6.45, 7) is 11.0. The van der Waals surface area contributed by atoms with Gasteiger partial charge in [0.2, 0.25) is 0 Å². The van der Waals surface area contributed by atoms with E-state index in [0.29, 0.717) is 5.41 Å². The fourth-order valence-electron chi connectivity index (χ4n) is 1.46. The standard InChI is InChI=1S/C12H20N2OS/c1-8-10(9(2)15)11(16-14-8)13-7-6-12(3,4)5/h13H,6-7H2,1-5H3. The Kier molecular flexibility index (Phi) is 4.08. The van der Waals surface area contributed by atoms with Gasteiger partial charge in [-0.15, -0.1) is 0 Å². The molecule has 0 aliphatic carbocycles. The van der Waals surface area contributed by atoms with Crippen molar-refractivity contribution >= 4 is 22.3 Å². The fraction of sp³-hybridized carbons (Fsp3) is 0.667. The van der Waals surface area contributed by atoms with Crippen molar-refractivity contribution in [1.29, 1.82) is 0 Å². The third-order valence-corrected chi connectivity index (χ3v) is 3.27. The molecule has 1 N–H and O–H groups in total. The predicted molar refractivity (Wildman–Crippen MR) is 69.4 cm³/mol. The van der Waals surface area contributed by atoms with Gasteiger partial charge in [-0.2, -0.15) is 4.37 Å². The summed E-state index contributed by atoms with van der Waals surface area (Å²) >= 11 is 1.37. The van der Waals surface area contributed by atoms with Crippen LogP contribution < -0.4 is 5.32 Å². The number of nitrogens with zero attached hydrogens (tertiary/aromatic N) is 1. The highest BCUT2D eigenvalue weighted by molar-refractivity contribution is 7.10. The van der Waals surface area contributed by atoms with Crippen molar-refractivity contribution < 1.29 is 4.79 Å². The lowest BCUT2D eigenvalue weighted by atomic mass is 9.92. The smallest absolute Gasteiger partial charge is 0.164 e. The first-order valence-corrected chi connectivity index (χ1v) is 6.29. The average Bonchev–Trinajstić information content (AvgIpc) is 2.44. The van der Waals surface area contributed by atoms with Crippen molar-refractivity contribution in [3.63, 3.8) is 0 Å². The van der Waals surface area contributed by atoms with E-state index in [9.17, 15) is 4.79 Å². The molecule has 90 valence electrons. The highest BCUT2D eigenvalue weighted by atomic mass is 32.1. The lowest BCUT2D eigenvalue weighted by Crippen LogP contribution is -2.13. The Bertz CT molecular complexity index is 377. The molecule has 4 heteroatoms. The van der Waals surface area contributed by atoms with Gasteiger partial charge in [0.05, 0.1) is 11.3 Å². The minimum Gasteiger partial charge on any atom is -0.375 e. The maximum absolute atomic E-state index is 11.4. The molecule has 0 saturated heterocycles. The van der Waals surface area contributed by atoms with Gasteiger partial charge in [0, 0.05) is 6.54 Å². The van der Waals surface area contributed by atoms with Gasteiger partial charge in [-0.25, -0.2) is 0 Å². The van der Waals surface area contributed by atoms with E-state index in [-0.39, 0.29) is 5.78 Å². The minimum atomic E-state index is 0.0875. The first-order valence-electron chi connectivity index (χ1n) is 5.52. The van der Waals surface area contributed by atoms with Crippen molar-refractivity contribution in [3.8, 4) is 0 Å². The summed E-state index contributed by atoms with van der Waals surface area (Å²) in [5, 5.41) is 4.22. The van der Waals surface area contributed by atoms with E-state index < -0.39 is 0 Å². The van der Waals surface area contributed by atoms with Crippen LogP contribution in [0.2, 0.25) is 0 Å². The SMILES string of the molecule is CC(=O)c1c(C)nsc1NCCC(C)(C)C. The highest BCUT2D eigenvalue weighted by Gasteiger charge is 2.15. The monoisotopic (exact) mass is 240 g/mol. The first-order chi connectivity index (χ1) is 7.31. The summed E-state index contributed by atoms with van der Waals surface area (Å²) in [4.78, 5) is 11.4. The molecule has 0 aliphatic heterocycles. The number of anilines is 1. The molecule has 1 aromatic heterocycles. The Labute approximate surface area is 101 Å². The van der Waals surface area contributed by atoms with Gasteiger partial charge in [-0.3, -0.25) is 4.79 Å². The van der Waals surface area contributed by atoms with Gasteiger partial charge in [-0.1, -0.05) is 20.8 Å². The van der Waals surface area contributed by atoms with Crippen LogP contribution in [-0.4, -0.2) is 16.7 Å². The summed E-state index contributed by atoms with van der Waals surface area (Å²) in [5.74, 6) is 0.0875. The first kappa shape index (κ1) is 13.2. The van der Waals surface area contributed by atoms with Crippen LogP contribution in [-0.2, 0) is 0 Å². The lowest BCUT2D eigenvalue weighted by molar-refractivity contribution is 0.101. The molecule has 0 radical (unpaired) electrons. The van der Waals surface area contributed by atoms with Crippen LogP contribution in [0.3, 0.4) is 0 Å². The number of hydrogen-bond donors (Lipinski definition) is 1. The third kappa shape index (κ3) is 3.59. The van der Waals surface area contributed by atoms with Crippen molar-refractivity contribution in [2.24, 2.45) is 5.41 Å². The number of carbonyl (C=O) groups is 1. The second kappa shape index (κ2) is 4.95. The number of aryl methyl sites for hydroxylation is 1. The molecule has 1 rings (SSSR count). The molecule has 0 unspecified atom stereocenters. The van der Waals surface area contributed by atoms with Crippen LogP contribution >= 0.6 is 11.5 Å². The van der Waals surface area contributed by atoms with Crippen LogP contribution in [0, 0.1) is 12.3 Å². The molecule has 3 nitrogen and oxygen atoms in total. The van der Waals surface area contributed by atoms with E-state index in [4.69, 9.17) is 0 Å². The quantitative estimate of drug-likeness (QED) is 0.819. The number of carbonyl (C=O) groups excluding carboxylic acids is 1. The fourth-order valence-corrected chi connectivity index (χ4v) is 2.32. The van der Waals surface area contributed by atoms with Crippen LogP contribution in [0.15, 0.2) is 0 Å². The van der Waals surface area contributed by atoms with E-state index >= 15 is 0 Å². The molecule has 0 aromatic carbocycles. The second-order valence-electron chi connectivity index (χ2n) is 5.27. The van der Waals surface area contributed by atoms with Crippen LogP contribution in [0.1, 0.15) is 50.2 Å². The summed E-state index contributed by atoms with van der Waals surface area (Å²) < 4.78 is 4.21. The van der Waals surface area contributed by atoms with Crippen molar-refractivity contribution in [2.45, 2.75) is 41.0 Å². The summed E-state index contributed by atoms with van der Waals surface area (Å²) in [7, 11) is 0. The summed E-state index contributed by atoms with van der Waals surface area (Å²) in [6, 6.07) is 0. The van der Waals surface area contributed by atoms with Gasteiger partial charge < -0.3 is 5.32 Å². The van der Waals surface area contributed by atoms with E-state index in [0.717, 1.165) is 29.2 Å². The minimum absolute atomic E-state index is 0.0875. The Balaban J connectivity index is 2.64. The molecule has 1 heterocycles. The van der Waals surface area contributed by atoms with E-state index in [2.05, 4.69) is 30.5 Å². The number of ketones is 1. The second-order valence-corrected chi connectivity index (χ2v) is 6.04. The molecule has 0 saturated carbocycles. The Hall–Kier alpha value is -0.900. The van der Waals surface area contributed by atoms with Gasteiger partial charge in [0.1, 0.15) is 5.00 Å². The Morgan fingerprint density at radius 3 is 2.56 bits per heavy atom. The van der Waals surface area contributed by atoms with Crippen LogP contribution in [0.25, 0.3) is 0 Å². The molecule has 0 amide bonds. The van der Waals surface area contributed by atoms with Gasteiger partial charge in [-0.05, 0) is 37.2 Å². The summed E-state index contributed by atoms with van der Waals surface area (Å²) in [6.07, 6.45) is 1.07. The normalized spacial score (nSPS) is 11.6. The van der Waals surface area contributed by atoms with E-state index in [1.807, 2.05) is 6.92 Å². The zero-order valence-corrected chi connectivity index (χ0v) is 11.5. The maximum atomic E-state index is 11.4. The maximum Gasteiger partial charge on any atom is 0.164 e. The predicted octanol–water partition coefficient (Wildman–Crippen LogP) is 3.50. The average molecular weight is 240 g/mol. The Morgan fingerprint density at radius 1 is 1.44 bits per heavy atom. The topological polar surface area (TPSA) is 42.0 Å². The number of Topliss-reactive ketones (excluding diaryl/α,β-unsaturated/α-hetero) is 1. The zero-order valence-electron chi connectivity index (χ0n) is 10.7. The number of nitrogens with one attached hydrogen (secondary N) is 1. The van der Waals surface area contributed by atoms with E-state index in [1.54, 1.807) is 6.92 Å². The molecule has 16 heavy (non-hydrogen) atoms. The zero-order chi connectivity index (χ0) is 12.3. The van der Waals surface area contributed by atoms with Gasteiger partial charge >= 0.3 is 0 Å². The molecule has 0 atom stereocenters. The van der Waals surface area contributed by atoms with Crippen molar-refractivity contribution in [1.82, 2.24) is 4.37 Å². The van der Waals surface area contributed by atoms with Gasteiger partial charge in [0.15, 0.2) is 5.78 Å². The summed E-state index contributed by atoms with van der Waals surface area (Å²) in [5.41, 5.74) is 1.89. The molecule has 0 spiro atoms. The van der Waals surface area contributed by atoms with Crippen LogP contribution in [0.4, 0.5) is 5.00 Å². The number of rotatable bonds is 4.